The molecule has 0 fully saturated rings. The first-order chi connectivity index (χ1) is 18.2. The summed E-state index contributed by atoms with van der Waals surface area (Å²) in [4.78, 5) is 8.50. The number of nitrogens with zero attached hydrogens (tertiary/aromatic N) is 4. The molecule has 0 unspecified atom stereocenters. The largest absolute Gasteiger partial charge is 0.314 e. The van der Waals surface area contributed by atoms with Crippen LogP contribution in [0.2, 0.25) is 0 Å². The van der Waals surface area contributed by atoms with Crippen molar-refractivity contribution >= 4 is 5.69 Å². The second-order valence-electron chi connectivity index (χ2n) is 8.91. The van der Waals surface area contributed by atoms with Gasteiger partial charge in [0.2, 0.25) is 0 Å². The monoisotopic (exact) mass is 476 g/mol. The van der Waals surface area contributed by atoms with Crippen LogP contribution in [0.15, 0.2) is 128 Å². The van der Waals surface area contributed by atoms with Crippen molar-refractivity contribution in [3.8, 4) is 45.1 Å². The summed E-state index contributed by atoms with van der Waals surface area (Å²) in [7, 11) is 0. The molecule has 0 bridgehead atoms. The van der Waals surface area contributed by atoms with Gasteiger partial charge in [-0.25, -0.2) is 9.83 Å². The maximum absolute atomic E-state index is 7.61. The first kappa shape index (κ1) is 22.3. The molecule has 0 N–H and O–H groups in total. The summed E-state index contributed by atoms with van der Waals surface area (Å²) in [6.07, 6.45) is 6.05. The van der Waals surface area contributed by atoms with Crippen LogP contribution in [-0.4, -0.2) is 14.1 Å². The van der Waals surface area contributed by atoms with Crippen molar-refractivity contribution < 1.29 is 0 Å². The van der Waals surface area contributed by atoms with E-state index in [1.54, 1.807) is 0 Å². The van der Waals surface area contributed by atoms with Crippen LogP contribution in [0.3, 0.4) is 0 Å². The van der Waals surface area contributed by atoms with Crippen LogP contribution in [0.5, 0.6) is 0 Å². The summed E-state index contributed by atoms with van der Waals surface area (Å²) in [6.45, 7) is 9.57. The molecular weight excluding hydrogens is 452 g/mol. The molecule has 0 aliphatic carbocycles. The molecule has 4 aromatic carbocycles. The van der Waals surface area contributed by atoms with E-state index in [4.69, 9.17) is 11.6 Å². The zero-order valence-corrected chi connectivity index (χ0v) is 20.4. The van der Waals surface area contributed by atoms with Crippen molar-refractivity contribution in [3.05, 3.63) is 145 Å². The van der Waals surface area contributed by atoms with E-state index >= 15 is 0 Å². The molecule has 2 heterocycles. The molecule has 2 aromatic heterocycles. The van der Waals surface area contributed by atoms with Crippen LogP contribution in [0.4, 0.5) is 5.69 Å². The average Bonchev–Trinajstić information content (AvgIpc) is 3.60. The Hall–Kier alpha value is -5.14. The molecule has 37 heavy (non-hydrogen) atoms. The predicted octanol–water partition coefficient (Wildman–Crippen LogP) is 8.52. The lowest BCUT2D eigenvalue weighted by molar-refractivity contribution is 1.04. The Morgan fingerprint density at radius 3 is 2.03 bits per heavy atom. The summed E-state index contributed by atoms with van der Waals surface area (Å²) >= 11 is 0. The second kappa shape index (κ2) is 9.49. The number of aromatic nitrogens is 3. The van der Waals surface area contributed by atoms with Gasteiger partial charge in [0.25, 0.3) is 0 Å². The normalized spacial score (nSPS) is 10.8. The summed E-state index contributed by atoms with van der Waals surface area (Å²) in [6, 6.07) is 37.3. The SMILES string of the molecule is [C-]#[N+]c1cc(-c2nccn2-c2c(-c3ccccc3)cn(-c3ccccc3)c2-c2ccccc2)ccc1C. The minimum atomic E-state index is 0.639. The van der Waals surface area contributed by atoms with Gasteiger partial charge in [0.15, 0.2) is 5.69 Å². The Balaban J connectivity index is 1.70. The van der Waals surface area contributed by atoms with Crippen molar-refractivity contribution in [3.63, 3.8) is 0 Å². The third kappa shape index (κ3) is 4.03. The Bertz CT molecular complexity index is 1720. The first-order valence-corrected chi connectivity index (χ1v) is 12.2. The maximum atomic E-state index is 7.61. The first-order valence-electron chi connectivity index (χ1n) is 12.2. The van der Waals surface area contributed by atoms with Gasteiger partial charge in [0.1, 0.15) is 5.82 Å². The van der Waals surface area contributed by atoms with Crippen LogP contribution < -0.4 is 0 Å². The second-order valence-corrected chi connectivity index (χ2v) is 8.91. The van der Waals surface area contributed by atoms with E-state index in [0.717, 1.165) is 50.7 Å². The third-order valence-electron chi connectivity index (χ3n) is 6.61. The number of imidazole rings is 1. The quantitative estimate of drug-likeness (QED) is 0.229. The fourth-order valence-electron chi connectivity index (χ4n) is 4.80. The van der Waals surface area contributed by atoms with Crippen LogP contribution >= 0.6 is 0 Å². The Morgan fingerprint density at radius 1 is 0.703 bits per heavy atom. The molecule has 6 rings (SSSR count). The fraction of sp³-hybridized carbons (Fsp3) is 0.0303. The topological polar surface area (TPSA) is 27.1 Å². The van der Waals surface area contributed by atoms with Crippen molar-refractivity contribution in [1.82, 2.24) is 14.1 Å². The number of rotatable bonds is 5. The van der Waals surface area contributed by atoms with Crippen molar-refractivity contribution in [2.75, 3.05) is 0 Å². The molecule has 6 aromatic rings. The van der Waals surface area contributed by atoms with E-state index in [2.05, 4.69) is 93.0 Å². The molecule has 0 atom stereocenters. The van der Waals surface area contributed by atoms with Gasteiger partial charge in [0.05, 0.1) is 18.0 Å². The van der Waals surface area contributed by atoms with Crippen LogP contribution in [0.1, 0.15) is 5.56 Å². The van der Waals surface area contributed by atoms with Crippen LogP contribution in [0.25, 0.3) is 50.0 Å². The lowest BCUT2D eigenvalue weighted by atomic mass is 10.0. The molecule has 0 saturated heterocycles. The fourth-order valence-corrected chi connectivity index (χ4v) is 4.80. The van der Waals surface area contributed by atoms with Gasteiger partial charge in [0, 0.05) is 41.0 Å². The molecule has 0 aliphatic heterocycles. The van der Waals surface area contributed by atoms with Crippen molar-refractivity contribution in [2.45, 2.75) is 6.92 Å². The van der Waals surface area contributed by atoms with Crippen LogP contribution in [-0.2, 0) is 0 Å². The van der Waals surface area contributed by atoms with Gasteiger partial charge in [-0.2, -0.15) is 0 Å². The molecular formula is C33H24N4. The summed E-state index contributed by atoms with van der Waals surface area (Å²) < 4.78 is 4.42. The van der Waals surface area contributed by atoms with Gasteiger partial charge in [-0.15, -0.1) is 0 Å². The van der Waals surface area contributed by atoms with E-state index in [9.17, 15) is 0 Å². The number of para-hydroxylation sites is 1. The predicted molar refractivity (Wildman–Crippen MR) is 150 cm³/mol. The van der Waals surface area contributed by atoms with Crippen molar-refractivity contribution in [2.24, 2.45) is 0 Å². The molecule has 176 valence electrons. The van der Waals surface area contributed by atoms with Gasteiger partial charge in [-0.1, -0.05) is 91.0 Å². The molecule has 0 amide bonds. The zero-order valence-electron chi connectivity index (χ0n) is 20.4. The van der Waals surface area contributed by atoms with Gasteiger partial charge < -0.3 is 4.57 Å². The highest BCUT2D eigenvalue weighted by atomic mass is 15.1. The summed E-state index contributed by atoms with van der Waals surface area (Å²) in [5.74, 6) is 0.796. The van der Waals surface area contributed by atoms with Gasteiger partial charge in [-0.3, -0.25) is 4.57 Å². The molecule has 0 radical (unpaired) electrons. The van der Waals surface area contributed by atoms with E-state index in [1.165, 1.54) is 0 Å². The van der Waals surface area contributed by atoms with E-state index in [-0.39, 0.29) is 0 Å². The standard InChI is InChI=1S/C33H24N4/c1-24-18-19-27(22-30(24)34-2)33-35-20-21-36(33)32-29(25-12-6-3-7-13-25)23-37(28-16-10-5-11-17-28)31(32)26-14-8-4-9-15-26/h3-23H,1H3. The van der Waals surface area contributed by atoms with E-state index in [1.807, 2.05) is 55.7 Å². The van der Waals surface area contributed by atoms with E-state index in [0.29, 0.717) is 5.69 Å². The molecule has 0 spiro atoms. The van der Waals surface area contributed by atoms with Gasteiger partial charge >= 0.3 is 0 Å². The Morgan fingerprint density at radius 2 is 1.35 bits per heavy atom. The minimum Gasteiger partial charge on any atom is -0.314 e. The Kier molecular flexibility index (Phi) is 5.72. The number of benzene rings is 4. The highest BCUT2D eigenvalue weighted by Gasteiger charge is 2.23. The highest BCUT2D eigenvalue weighted by molar-refractivity contribution is 5.87. The van der Waals surface area contributed by atoms with Gasteiger partial charge in [-0.05, 0) is 36.2 Å². The molecule has 0 saturated carbocycles. The smallest absolute Gasteiger partial charge is 0.190 e. The molecule has 4 nitrogen and oxygen atoms in total. The molecule has 0 aliphatic rings. The third-order valence-corrected chi connectivity index (χ3v) is 6.61. The van der Waals surface area contributed by atoms with Crippen molar-refractivity contribution in [1.29, 1.82) is 0 Å². The lowest BCUT2D eigenvalue weighted by Gasteiger charge is -2.15. The zero-order chi connectivity index (χ0) is 25.2. The maximum Gasteiger partial charge on any atom is 0.190 e. The molecule has 4 heteroatoms. The lowest BCUT2D eigenvalue weighted by Crippen LogP contribution is -2.02. The number of hydrogen-bond donors (Lipinski definition) is 0. The highest BCUT2D eigenvalue weighted by Crippen LogP contribution is 2.41. The van der Waals surface area contributed by atoms with Crippen LogP contribution in [0, 0.1) is 13.5 Å². The minimum absolute atomic E-state index is 0.639. The number of aryl methyl sites for hydroxylation is 1. The van der Waals surface area contributed by atoms with E-state index < -0.39 is 0 Å². The Labute approximate surface area is 216 Å². The average molecular weight is 477 g/mol. The number of hydrogen-bond acceptors (Lipinski definition) is 1. The summed E-state index contributed by atoms with van der Waals surface area (Å²) in [5.41, 5.74) is 9.02. The summed E-state index contributed by atoms with van der Waals surface area (Å²) in [5, 5.41) is 0.